The average molecular weight is 646 g/mol. The van der Waals surface area contributed by atoms with Crippen LogP contribution in [0.1, 0.15) is 41.2 Å². The molecule has 0 aliphatic carbocycles. The van der Waals surface area contributed by atoms with E-state index in [1.807, 2.05) is 76.2 Å². The van der Waals surface area contributed by atoms with Crippen LogP contribution in [0.5, 0.6) is 0 Å². The SMILES string of the molecule is CCCNC(=O)[C@@H](Cc1ccccc1)N(Cc1ccccc1Cl)C(=O)CN(c1cc(C)ccc1C)S(=O)(=O)c1ccc(C)cc1. The van der Waals surface area contributed by atoms with Crippen LogP contribution in [0, 0.1) is 20.8 Å². The molecule has 0 aliphatic rings. The molecule has 0 radical (unpaired) electrons. The van der Waals surface area contributed by atoms with Gasteiger partial charge >= 0.3 is 0 Å². The second-order valence-corrected chi connectivity index (χ2v) is 13.5. The molecule has 0 bridgehead atoms. The normalized spacial score (nSPS) is 11.9. The lowest BCUT2D eigenvalue weighted by Crippen LogP contribution is -2.53. The molecule has 0 aromatic heterocycles. The first-order valence-electron chi connectivity index (χ1n) is 15.0. The summed E-state index contributed by atoms with van der Waals surface area (Å²) in [4.78, 5) is 29.9. The molecule has 0 fully saturated rings. The van der Waals surface area contributed by atoms with E-state index < -0.39 is 28.5 Å². The first-order chi connectivity index (χ1) is 21.5. The van der Waals surface area contributed by atoms with Gasteiger partial charge in [0.25, 0.3) is 10.0 Å². The lowest BCUT2D eigenvalue weighted by atomic mass is 10.0. The number of carbonyl (C=O) groups is 2. The highest BCUT2D eigenvalue weighted by atomic mass is 35.5. The van der Waals surface area contributed by atoms with Crippen LogP contribution in [0.3, 0.4) is 0 Å². The summed E-state index contributed by atoms with van der Waals surface area (Å²) in [5, 5.41) is 3.40. The molecule has 0 heterocycles. The molecule has 0 spiro atoms. The van der Waals surface area contributed by atoms with Crippen molar-refractivity contribution in [2.75, 3.05) is 17.4 Å². The number of hydrogen-bond donors (Lipinski definition) is 1. The van der Waals surface area contributed by atoms with Gasteiger partial charge in [0, 0.05) is 24.5 Å². The van der Waals surface area contributed by atoms with E-state index in [4.69, 9.17) is 11.6 Å². The summed E-state index contributed by atoms with van der Waals surface area (Å²) in [7, 11) is -4.18. The topological polar surface area (TPSA) is 86.8 Å². The van der Waals surface area contributed by atoms with E-state index in [1.54, 1.807) is 48.5 Å². The summed E-state index contributed by atoms with van der Waals surface area (Å²) >= 11 is 6.56. The molecule has 236 valence electrons. The van der Waals surface area contributed by atoms with E-state index in [2.05, 4.69) is 5.32 Å². The van der Waals surface area contributed by atoms with Gasteiger partial charge in [0.1, 0.15) is 12.6 Å². The Bertz CT molecular complexity index is 1730. The van der Waals surface area contributed by atoms with Gasteiger partial charge in [-0.3, -0.25) is 13.9 Å². The number of halogens is 1. The first-order valence-corrected chi connectivity index (χ1v) is 16.8. The van der Waals surface area contributed by atoms with Gasteiger partial charge < -0.3 is 10.2 Å². The Kier molecular flexibility index (Phi) is 11.4. The van der Waals surface area contributed by atoms with Crippen molar-refractivity contribution in [1.29, 1.82) is 0 Å². The molecule has 2 amide bonds. The number of amides is 2. The predicted octanol–water partition coefficient (Wildman–Crippen LogP) is 6.63. The maximum Gasteiger partial charge on any atom is 0.264 e. The predicted molar refractivity (Wildman–Crippen MR) is 181 cm³/mol. The van der Waals surface area contributed by atoms with Crippen molar-refractivity contribution < 1.29 is 18.0 Å². The Morgan fingerprint density at radius 3 is 2.16 bits per heavy atom. The highest BCUT2D eigenvalue weighted by Gasteiger charge is 2.35. The molecule has 4 aromatic rings. The van der Waals surface area contributed by atoms with Crippen LogP contribution < -0.4 is 9.62 Å². The van der Waals surface area contributed by atoms with Crippen molar-refractivity contribution in [3.05, 3.63) is 130 Å². The van der Waals surface area contributed by atoms with E-state index in [0.29, 0.717) is 28.4 Å². The van der Waals surface area contributed by atoms with Gasteiger partial charge in [0.15, 0.2) is 0 Å². The minimum absolute atomic E-state index is 0.0147. The van der Waals surface area contributed by atoms with E-state index in [1.165, 1.54) is 4.90 Å². The van der Waals surface area contributed by atoms with Crippen molar-refractivity contribution in [2.45, 2.75) is 58.0 Å². The van der Waals surface area contributed by atoms with Crippen LogP contribution >= 0.6 is 11.6 Å². The minimum atomic E-state index is -4.18. The largest absolute Gasteiger partial charge is 0.354 e. The van der Waals surface area contributed by atoms with Crippen molar-refractivity contribution in [1.82, 2.24) is 10.2 Å². The van der Waals surface area contributed by atoms with Gasteiger partial charge in [-0.25, -0.2) is 8.42 Å². The molecule has 9 heteroatoms. The number of nitrogens with one attached hydrogen (secondary N) is 1. The zero-order valence-electron chi connectivity index (χ0n) is 26.2. The Hall–Kier alpha value is -4.14. The summed E-state index contributed by atoms with van der Waals surface area (Å²) in [6.45, 7) is 7.46. The number of carbonyl (C=O) groups excluding carboxylic acids is 2. The fourth-order valence-corrected chi connectivity index (χ4v) is 6.74. The molecular weight excluding hydrogens is 606 g/mol. The van der Waals surface area contributed by atoms with E-state index in [9.17, 15) is 18.0 Å². The van der Waals surface area contributed by atoms with Gasteiger partial charge in [0.05, 0.1) is 10.6 Å². The Labute approximate surface area is 271 Å². The maximum atomic E-state index is 14.6. The van der Waals surface area contributed by atoms with Gasteiger partial charge in [-0.2, -0.15) is 0 Å². The molecule has 4 rings (SSSR count). The molecule has 0 unspecified atom stereocenters. The number of aryl methyl sites for hydroxylation is 3. The zero-order valence-corrected chi connectivity index (χ0v) is 27.7. The van der Waals surface area contributed by atoms with Crippen molar-refractivity contribution in [2.24, 2.45) is 0 Å². The summed E-state index contributed by atoms with van der Waals surface area (Å²) in [5.41, 5.74) is 4.37. The molecule has 1 N–H and O–H groups in total. The van der Waals surface area contributed by atoms with E-state index >= 15 is 0 Å². The van der Waals surface area contributed by atoms with Crippen LogP contribution in [-0.4, -0.2) is 44.3 Å². The molecule has 4 aromatic carbocycles. The Morgan fingerprint density at radius 2 is 1.49 bits per heavy atom. The summed E-state index contributed by atoms with van der Waals surface area (Å²) in [5.74, 6) is -0.847. The second-order valence-electron chi connectivity index (χ2n) is 11.2. The Morgan fingerprint density at radius 1 is 0.844 bits per heavy atom. The van der Waals surface area contributed by atoms with Crippen LogP contribution in [0.25, 0.3) is 0 Å². The van der Waals surface area contributed by atoms with Gasteiger partial charge in [-0.1, -0.05) is 96.9 Å². The third kappa shape index (κ3) is 8.53. The number of anilines is 1. The average Bonchev–Trinajstić information content (AvgIpc) is 3.03. The second kappa shape index (κ2) is 15.2. The van der Waals surface area contributed by atoms with Crippen molar-refractivity contribution in [3.8, 4) is 0 Å². The quantitative estimate of drug-likeness (QED) is 0.177. The number of rotatable bonds is 13. The minimum Gasteiger partial charge on any atom is -0.354 e. The third-order valence-corrected chi connectivity index (χ3v) is 9.78. The number of benzene rings is 4. The van der Waals surface area contributed by atoms with Gasteiger partial charge in [-0.15, -0.1) is 0 Å². The van der Waals surface area contributed by atoms with Gasteiger partial charge in [-0.05, 0) is 73.7 Å². The molecule has 1 atom stereocenters. The summed E-state index contributed by atoms with van der Waals surface area (Å²) in [6, 6.07) is 27.7. The number of nitrogens with zero attached hydrogens (tertiary/aromatic N) is 2. The molecule has 0 saturated carbocycles. The maximum absolute atomic E-state index is 14.6. The molecule has 0 aliphatic heterocycles. The van der Waals surface area contributed by atoms with Crippen LogP contribution in [0.4, 0.5) is 5.69 Å². The van der Waals surface area contributed by atoms with Crippen LogP contribution in [-0.2, 0) is 32.6 Å². The van der Waals surface area contributed by atoms with Gasteiger partial charge in [0.2, 0.25) is 11.8 Å². The fourth-order valence-electron chi connectivity index (χ4n) is 5.07. The lowest BCUT2D eigenvalue weighted by Gasteiger charge is -2.34. The standard InChI is InChI=1S/C36H40ClN3O4S/c1-5-21-38-36(42)34(23-29-11-7-6-8-12-29)39(24-30-13-9-10-14-32(30)37)35(41)25-40(33-22-27(3)15-18-28(33)4)45(43,44)31-19-16-26(2)17-20-31/h6-20,22,34H,5,21,23-25H2,1-4H3,(H,38,42)/t34-/m1/s1. The molecular formula is C36H40ClN3O4S. The van der Waals surface area contributed by atoms with Crippen molar-refractivity contribution >= 4 is 39.1 Å². The van der Waals surface area contributed by atoms with E-state index in [-0.39, 0.29) is 23.8 Å². The number of sulfonamides is 1. The number of hydrogen-bond acceptors (Lipinski definition) is 4. The molecule has 0 saturated heterocycles. The monoisotopic (exact) mass is 645 g/mol. The third-order valence-electron chi connectivity index (χ3n) is 7.64. The molecule has 45 heavy (non-hydrogen) atoms. The van der Waals surface area contributed by atoms with Crippen LogP contribution in [0.2, 0.25) is 5.02 Å². The summed E-state index contributed by atoms with van der Waals surface area (Å²) in [6.07, 6.45) is 0.957. The van der Waals surface area contributed by atoms with E-state index in [0.717, 1.165) is 27.4 Å². The smallest absolute Gasteiger partial charge is 0.264 e. The highest BCUT2D eigenvalue weighted by molar-refractivity contribution is 7.92. The lowest BCUT2D eigenvalue weighted by molar-refractivity contribution is -0.140. The van der Waals surface area contributed by atoms with Crippen LogP contribution in [0.15, 0.2) is 102 Å². The summed E-state index contributed by atoms with van der Waals surface area (Å²) < 4.78 is 29.7. The first kappa shape index (κ1) is 33.7. The van der Waals surface area contributed by atoms with Crippen molar-refractivity contribution in [3.63, 3.8) is 0 Å². The highest BCUT2D eigenvalue weighted by Crippen LogP contribution is 2.29. The fraction of sp³-hybridized carbons (Fsp3) is 0.278. The Balaban J connectivity index is 1.83. The molecule has 7 nitrogen and oxygen atoms in total. The zero-order chi connectivity index (χ0) is 32.6.